The molecule has 108 valence electrons. The summed E-state index contributed by atoms with van der Waals surface area (Å²) in [6, 6.07) is 11.0. The van der Waals surface area contributed by atoms with Crippen molar-refractivity contribution in [2.45, 2.75) is 18.8 Å². The number of nitrogens with zero attached hydrogens (tertiary/aromatic N) is 2. The molecule has 1 saturated heterocycles. The van der Waals surface area contributed by atoms with E-state index in [1.54, 1.807) is 18.3 Å². The first-order valence-electron chi connectivity index (χ1n) is 7.23. The Bertz CT molecular complexity index is 609. The molecule has 1 fully saturated rings. The lowest BCUT2D eigenvalue weighted by molar-refractivity contribution is 0.102. The summed E-state index contributed by atoms with van der Waals surface area (Å²) in [6.45, 7) is 1.99. The number of pyridine rings is 2. The van der Waals surface area contributed by atoms with Crippen LogP contribution in [0.4, 0.5) is 5.82 Å². The van der Waals surface area contributed by atoms with E-state index in [4.69, 9.17) is 0 Å². The molecule has 0 spiro atoms. The Morgan fingerprint density at radius 1 is 1.24 bits per heavy atom. The average Bonchev–Trinajstić information content (AvgIpc) is 2.57. The molecule has 3 heterocycles. The van der Waals surface area contributed by atoms with E-state index in [-0.39, 0.29) is 5.91 Å². The van der Waals surface area contributed by atoms with Gasteiger partial charge in [-0.15, -0.1) is 0 Å². The van der Waals surface area contributed by atoms with Crippen molar-refractivity contribution >= 4 is 11.7 Å². The fourth-order valence-electron chi connectivity index (χ4n) is 2.53. The van der Waals surface area contributed by atoms with Gasteiger partial charge < -0.3 is 10.6 Å². The topological polar surface area (TPSA) is 66.9 Å². The van der Waals surface area contributed by atoms with Crippen molar-refractivity contribution in [2.24, 2.45) is 0 Å². The highest BCUT2D eigenvalue weighted by atomic mass is 16.1. The zero-order valence-electron chi connectivity index (χ0n) is 11.7. The summed E-state index contributed by atoms with van der Waals surface area (Å²) in [5, 5.41) is 6.13. The first kappa shape index (κ1) is 13.7. The standard InChI is InChI=1S/C16H18N4O/c21-16(20-15-8-1-2-10-18-15)14-7-3-6-13(19-14)12-5-4-9-17-11-12/h1-3,6-8,10,12,17H,4-5,9,11H2,(H,18,20,21)/t12-/m1/s1. The van der Waals surface area contributed by atoms with Gasteiger partial charge in [0.25, 0.3) is 5.91 Å². The van der Waals surface area contributed by atoms with E-state index in [2.05, 4.69) is 20.6 Å². The third-order valence-corrected chi connectivity index (χ3v) is 3.62. The number of amides is 1. The summed E-state index contributed by atoms with van der Waals surface area (Å²) in [7, 11) is 0. The molecular weight excluding hydrogens is 264 g/mol. The molecule has 0 aromatic carbocycles. The smallest absolute Gasteiger partial charge is 0.275 e. The van der Waals surface area contributed by atoms with Crippen LogP contribution in [-0.4, -0.2) is 29.0 Å². The first-order valence-corrected chi connectivity index (χ1v) is 7.23. The third kappa shape index (κ3) is 3.44. The van der Waals surface area contributed by atoms with Gasteiger partial charge in [0.2, 0.25) is 0 Å². The van der Waals surface area contributed by atoms with E-state index in [1.807, 2.05) is 24.3 Å². The van der Waals surface area contributed by atoms with E-state index >= 15 is 0 Å². The van der Waals surface area contributed by atoms with Gasteiger partial charge in [0.15, 0.2) is 0 Å². The van der Waals surface area contributed by atoms with Crippen molar-refractivity contribution in [2.75, 3.05) is 18.4 Å². The number of carbonyl (C=O) groups excluding carboxylic acids is 1. The van der Waals surface area contributed by atoms with Gasteiger partial charge in [-0.25, -0.2) is 9.97 Å². The quantitative estimate of drug-likeness (QED) is 0.905. The Kier molecular flexibility index (Phi) is 4.21. The maximum atomic E-state index is 12.2. The number of piperidine rings is 1. The predicted molar refractivity (Wildman–Crippen MR) is 81.3 cm³/mol. The molecule has 2 N–H and O–H groups in total. The van der Waals surface area contributed by atoms with Gasteiger partial charge in [-0.2, -0.15) is 0 Å². The molecule has 0 bridgehead atoms. The van der Waals surface area contributed by atoms with Gasteiger partial charge in [-0.1, -0.05) is 12.1 Å². The van der Waals surface area contributed by atoms with Gasteiger partial charge >= 0.3 is 0 Å². The lowest BCUT2D eigenvalue weighted by atomic mass is 9.95. The predicted octanol–water partition coefficient (Wildman–Crippen LogP) is 2.20. The summed E-state index contributed by atoms with van der Waals surface area (Å²) in [4.78, 5) is 20.8. The van der Waals surface area contributed by atoms with Gasteiger partial charge in [0, 0.05) is 24.4 Å². The molecule has 2 aromatic heterocycles. The van der Waals surface area contributed by atoms with Crippen molar-refractivity contribution in [3.05, 3.63) is 54.0 Å². The van der Waals surface area contributed by atoms with Crippen molar-refractivity contribution in [3.8, 4) is 0 Å². The van der Waals surface area contributed by atoms with Gasteiger partial charge in [0.1, 0.15) is 11.5 Å². The van der Waals surface area contributed by atoms with Crippen LogP contribution in [0.3, 0.4) is 0 Å². The average molecular weight is 282 g/mol. The maximum absolute atomic E-state index is 12.2. The highest BCUT2D eigenvalue weighted by Crippen LogP contribution is 2.21. The highest BCUT2D eigenvalue weighted by molar-refractivity contribution is 6.02. The number of nitrogens with one attached hydrogen (secondary N) is 2. The number of rotatable bonds is 3. The minimum absolute atomic E-state index is 0.223. The summed E-state index contributed by atoms with van der Waals surface area (Å²) in [5.41, 5.74) is 1.42. The van der Waals surface area contributed by atoms with E-state index in [0.717, 1.165) is 31.6 Å². The van der Waals surface area contributed by atoms with Crippen LogP contribution in [0.1, 0.15) is 34.9 Å². The van der Waals surface area contributed by atoms with E-state index in [9.17, 15) is 4.79 Å². The van der Waals surface area contributed by atoms with E-state index in [0.29, 0.717) is 17.4 Å². The zero-order valence-corrected chi connectivity index (χ0v) is 11.7. The van der Waals surface area contributed by atoms with Crippen molar-refractivity contribution in [1.82, 2.24) is 15.3 Å². The third-order valence-electron chi connectivity index (χ3n) is 3.62. The van der Waals surface area contributed by atoms with Crippen LogP contribution in [0.2, 0.25) is 0 Å². The Morgan fingerprint density at radius 2 is 2.19 bits per heavy atom. The first-order chi connectivity index (χ1) is 10.3. The number of carbonyl (C=O) groups is 1. The van der Waals surface area contributed by atoms with Crippen LogP contribution in [0.5, 0.6) is 0 Å². The Morgan fingerprint density at radius 3 is 2.95 bits per heavy atom. The van der Waals surface area contributed by atoms with Gasteiger partial charge in [-0.3, -0.25) is 4.79 Å². The summed E-state index contributed by atoms with van der Waals surface area (Å²) >= 11 is 0. The van der Waals surface area contributed by atoms with Crippen molar-refractivity contribution in [1.29, 1.82) is 0 Å². The van der Waals surface area contributed by atoms with Crippen LogP contribution in [-0.2, 0) is 0 Å². The number of anilines is 1. The van der Waals surface area contributed by atoms with Gasteiger partial charge in [-0.05, 0) is 43.7 Å². The Labute approximate surface area is 123 Å². The van der Waals surface area contributed by atoms with Crippen molar-refractivity contribution < 1.29 is 4.79 Å². The van der Waals surface area contributed by atoms with E-state index < -0.39 is 0 Å². The number of aromatic nitrogens is 2. The SMILES string of the molecule is O=C(Nc1ccccn1)c1cccc([C@@H]2CCCNC2)n1. The summed E-state index contributed by atoms with van der Waals surface area (Å²) in [6.07, 6.45) is 3.91. The number of hydrogen-bond acceptors (Lipinski definition) is 4. The minimum atomic E-state index is -0.223. The maximum Gasteiger partial charge on any atom is 0.275 e. The second-order valence-corrected chi connectivity index (χ2v) is 5.16. The molecule has 0 aliphatic carbocycles. The zero-order chi connectivity index (χ0) is 14.5. The molecule has 3 rings (SSSR count). The molecule has 1 aliphatic rings. The Hall–Kier alpha value is -2.27. The minimum Gasteiger partial charge on any atom is -0.316 e. The van der Waals surface area contributed by atoms with Gasteiger partial charge in [0.05, 0.1) is 0 Å². The molecule has 0 radical (unpaired) electrons. The number of hydrogen-bond donors (Lipinski definition) is 2. The van der Waals surface area contributed by atoms with Crippen LogP contribution in [0.15, 0.2) is 42.6 Å². The lowest BCUT2D eigenvalue weighted by Gasteiger charge is -2.22. The summed E-state index contributed by atoms with van der Waals surface area (Å²) < 4.78 is 0. The molecule has 2 aromatic rings. The molecular formula is C16H18N4O. The lowest BCUT2D eigenvalue weighted by Crippen LogP contribution is -2.29. The fourth-order valence-corrected chi connectivity index (χ4v) is 2.53. The molecule has 1 atom stereocenters. The van der Waals surface area contributed by atoms with Crippen LogP contribution >= 0.6 is 0 Å². The molecule has 5 heteroatoms. The second-order valence-electron chi connectivity index (χ2n) is 5.16. The molecule has 0 saturated carbocycles. The molecule has 21 heavy (non-hydrogen) atoms. The largest absolute Gasteiger partial charge is 0.316 e. The molecule has 1 amide bonds. The molecule has 1 aliphatic heterocycles. The second kappa shape index (κ2) is 6.45. The highest BCUT2D eigenvalue weighted by Gasteiger charge is 2.18. The summed E-state index contributed by atoms with van der Waals surface area (Å²) in [5.74, 6) is 0.703. The van der Waals surface area contributed by atoms with E-state index in [1.165, 1.54) is 0 Å². The Balaban J connectivity index is 1.74. The normalized spacial score (nSPS) is 18.2. The van der Waals surface area contributed by atoms with Crippen molar-refractivity contribution in [3.63, 3.8) is 0 Å². The van der Waals surface area contributed by atoms with Crippen LogP contribution in [0, 0.1) is 0 Å². The molecule has 5 nitrogen and oxygen atoms in total. The monoisotopic (exact) mass is 282 g/mol. The molecule has 0 unspecified atom stereocenters. The van der Waals surface area contributed by atoms with Crippen LogP contribution in [0.25, 0.3) is 0 Å². The fraction of sp³-hybridized carbons (Fsp3) is 0.312. The van der Waals surface area contributed by atoms with Crippen LogP contribution < -0.4 is 10.6 Å².